The molecule has 1 unspecified atom stereocenters. The van der Waals surface area contributed by atoms with Gasteiger partial charge in [0.15, 0.2) is 5.96 Å². The summed E-state index contributed by atoms with van der Waals surface area (Å²) in [6.45, 7) is 7.87. The van der Waals surface area contributed by atoms with E-state index in [0.29, 0.717) is 38.4 Å². The van der Waals surface area contributed by atoms with Crippen molar-refractivity contribution in [2.75, 3.05) is 19.6 Å². The Morgan fingerprint density at radius 2 is 2.07 bits per heavy atom. The third-order valence-corrected chi connectivity index (χ3v) is 4.37. The number of nitrogens with one attached hydrogen (secondary N) is 3. The summed E-state index contributed by atoms with van der Waals surface area (Å²) in [5, 5.41) is 9.16. The van der Waals surface area contributed by atoms with Crippen LogP contribution in [0.3, 0.4) is 0 Å². The Balaban J connectivity index is 0.00000364. The van der Waals surface area contributed by atoms with Crippen LogP contribution in [0.25, 0.3) is 0 Å². The van der Waals surface area contributed by atoms with Crippen molar-refractivity contribution in [3.63, 3.8) is 0 Å². The Labute approximate surface area is 177 Å². The van der Waals surface area contributed by atoms with Crippen molar-refractivity contribution in [1.82, 2.24) is 25.8 Å². The second-order valence-electron chi connectivity index (χ2n) is 6.37. The molecule has 2 rings (SSSR count). The molecule has 1 atom stereocenters. The number of urea groups is 1. The average molecular weight is 488 g/mol. The Morgan fingerprint density at radius 1 is 1.30 bits per heavy atom. The van der Waals surface area contributed by atoms with Gasteiger partial charge in [-0.1, -0.05) is 13.0 Å². The number of aromatic nitrogens is 1. The van der Waals surface area contributed by atoms with Crippen LogP contribution < -0.4 is 16.0 Å². The zero-order chi connectivity index (χ0) is 19.0. The number of halogens is 1. The Kier molecular flexibility index (Phi) is 9.47. The first-order valence-corrected chi connectivity index (χ1v) is 9.06. The molecule has 3 amide bonds. The highest BCUT2D eigenvalue weighted by molar-refractivity contribution is 14.0. The summed E-state index contributed by atoms with van der Waals surface area (Å²) in [6.07, 6.45) is 2.97. The minimum absolute atomic E-state index is 0. The van der Waals surface area contributed by atoms with Gasteiger partial charge in [-0.3, -0.25) is 14.7 Å². The first-order valence-electron chi connectivity index (χ1n) is 9.06. The highest BCUT2D eigenvalue weighted by Crippen LogP contribution is 2.20. The Morgan fingerprint density at radius 3 is 2.67 bits per heavy atom. The van der Waals surface area contributed by atoms with Crippen LogP contribution in [-0.4, -0.2) is 53.0 Å². The number of imide groups is 1. The lowest BCUT2D eigenvalue weighted by atomic mass is 9.99. The molecule has 1 aromatic heterocycles. The third-order valence-electron chi connectivity index (χ3n) is 4.37. The predicted molar refractivity (Wildman–Crippen MR) is 116 cm³/mol. The lowest BCUT2D eigenvalue weighted by Crippen LogP contribution is -2.43. The smallest absolute Gasteiger partial charge is 0.325 e. The lowest BCUT2D eigenvalue weighted by Gasteiger charge is -2.19. The fourth-order valence-corrected chi connectivity index (χ4v) is 2.63. The van der Waals surface area contributed by atoms with Gasteiger partial charge in [0, 0.05) is 25.8 Å². The zero-order valence-corrected chi connectivity index (χ0v) is 18.4. The summed E-state index contributed by atoms with van der Waals surface area (Å²) < 4.78 is 0. The largest absolute Gasteiger partial charge is 0.357 e. The molecule has 0 bridgehead atoms. The summed E-state index contributed by atoms with van der Waals surface area (Å²) >= 11 is 0. The van der Waals surface area contributed by atoms with E-state index in [1.807, 2.05) is 32.0 Å². The monoisotopic (exact) mass is 488 g/mol. The molecule has 0 spiro atoms. The van der Waals surface area contributed by atoms with Crippen LogP contribution >= 0.6 is 24.0 Å². The van der Waals surface area contributed by atoms with Crippen molar-refractivity contribution in [3.8, 4) is 0 Å². The second kappa shape index (κ2) is 11.1. The van der Waals surface area contributed by atoms with Crippen LogP contribution in [0.2, 0.25) is 0 Å². The molecular formula is C18H29IN6O2. The van der Waals surface area contributed by atoms with Crippen molar-refractivity contribution < 1.29 is 9.59 Å². The Bertz CT molecular complexity index is 655. The van der Waals surface area contributed by atoms with Crippen LogP contribution in [0, 0.1) is 0 Å². The second-order valence-corrected chi connectivity index (χ2v) is 6.37. The molecule has 1 saturated heterocycles. The summed E-state index contributed by atoms with van der Waals surface area (Å²) in [6, 6.07) is 5.42. The maximum atomic E-state index is 12.3. The van der Waals surface area contributed by atoms with Gasteiger partial charge in [-0.15, -0.1) is 24.0 Å². The van der Waals surface area contributed by atoms with E-state index >= 15 is 0 Å². The minimum Gasteiger partial charge on any atom is -0.357 e. The van der Waals surface area contributed by atoms with E-state index in [4.69, 9.17) is 0 Å². The molecule has 27 heavy (non-hydrogen) atoms. The van der Waals surface area contributed by atoms with E-state index < -0.39 is 5.54 Å². The highest BCUT2D eigenvalue weighted by atomic mass is 127. The third kappa shape index (κ3) is 6.33. The topological polar surface area (TPSA) is 98.7 Å². The molecule has 0 radical (unpaired) electrons. The van der Waals surface area contributed by atoms with Crippen molar-refractivity contribution in [2.45, 2.75) is 45.7 Å². The van der Waals surface area contributed by atoms with Gasteiger partial charge < -0.3 is 16.0 Å². The first kappa shape index (κ1) is 23.1. The number of carbonyl (C=O) groups excluding carboxylic acids is 2. The number of nitrogens with zero attached hydrogens (tertiary/aromatic N) is 3. The van der Waals surface area contributed by atoms with Crippen molar-refractivity contribution in [3.05, 3.63) is 30.1 Å². The molecule has 0 aromatic carbocycles. The fraction of sp³-hybridized carbons (Fsp3) is 0.556. The molecule has 8 nitrogen and oxygen atoms in total. The molecular weight excluding hydrogens is 459 g/mol. The van der Waals surface area contributed by atoms with Crippen LogP contribution in [0.5, 0.6) is 0 Å². The molecule has 3 N–H and O–H groups in total. The number of hydrogen-bond acceptors (Lipinski definition) is 4. The van der Waals surface area contributed by atoms with Gasteiger partial charge in [-0.05, 0) is 38.8 Å². The van der Waals surface area contributed by atoms with Crippen LogP contribution in [0.15, 0.2) is 29.4 Å². The van der Waals surface area contributed by atoms with E-state index in [1.54, 1.807) is 13.1 Å². The molecule has 1 fully saturated rings. The maximum absolute atomic E-state index is 12.3. The lowest BCUT2D eigenvalue weighted by molar-refractivity contribution is -0.130. The quantitative estimate of drug-likeness (QED) is 0.171. The number of guanidine groups is 1. The zero-order valence-electron chi connectivity index (χ0n) is 16.1. The molecule has 1 aliphatic rings. The van der Waals surface area contributed by atoms with Crippen LogP contribution in [-0.2, 0) is 11.3 Å². The summed E-state index contributed by atoms with van der Waals surface area (Å²) in [4.78, 5) is 34.4. The number of carbonyl (C=O) groups is 2. The number of amides is 3. The summed E-state index contributed by atoms with van der Waals surface area (Å²) in [5.74, 6) is 0.537. The first-order chi connectivity index (χ1) is 12.5. The van der Waals surface area contributed by atoms with E-state index in [2.05, 4.69) is 25.9 Å². The van der Waals surface area contributed by atoms with Crippen molar-refractivity contribution >= 4 is 41.9 Å². The number of pyridine rings is 1. The van der Waals surface area contributed by atoms with E-state index in [0.717, 1.165) is 12.2 Å². The molecule has 1 aromatic rings. The van der Waals surface area contributed by atoms with Gasteiger partial charge in [-0.2, -0.15) is 0 Å². The SMILES string of the molecule is CCNC(=NCc1ccccn1)NCCCN1C(=O)NC(C)(CC)C1=O.I. The summed E-state index contributed by atoms with van der Waals surface area (Å²) in [7, 11) is 0. The van der Waals surface area contributed by atoms with Gasteiger partial charge in [0.1, 0.15) is 5.54 Å². The molecule has 150 valence electrons. The normalized spacial score (nSPS) is 19.5. The van der Waals surface area contributed by atoms with E-state index in [9.17, 15) is 9.59 Å². The van der Waals surface area contributed by atoms with Gasteiger partial charge >= 0.3 is 6.03 Å². The summed E-state index contributed by atoms with van der Waals surface area (Å²) in [5.41, 5.74) is 0.117. The molecule has 1 aliphatic heterocycles. The number of aliphatic imine (C=N–C) groups is 1. The minimum atomic E-state index is -0.774. The standard InChI is InChI=1S/C18H28N6O2.HI/c1-4-18(3)15(25)24(17(26)23-18)12-8-11-21-16(19-5-2)22-13-14-9-6-7-10-20-14;/h6-7,9-10H,4-5,8,11-13H2,1-3H3,(H,23,26)(H2,19,21,22);1H. The van der Waals surface area contributed by atoms with Crippen LogP contribution in [0.1, 0.15) is 39.3 Å². The average Bonchev–Trinajstić information content (AvgIpc) is 2.87. The molecule has 0 saturated carbocycles. The molecule has 2 heterocycles. The van der Waals surface area contributed by atoms with Crippen LogP contribution in [0.4, 0.5) is 4.79 Å². The van der Waals surface area contributed by atoms with Gasteiger partial charge in [-0.25, -0.2) is 9.79 Å². The fourth-order valence-electron chi connectivity index (χ4n) is 2.63. The molecule has 0 aliphatic carbocycles. The highest BCUT2D eigenvalue weighted by Gasteiger charge is 2.45. The van der Waals surface area contributed by atoms with Crippen molar-refractivity contribution in [1.29, 1.82) is 0 Å². The maximum Gasteiger partial charge on any atom is 0.325 e. The Hall–Kier alpha value is -1.91. The van der Waals surface area contributed by atoms with E-state index in [-0.39, 0.29) is 35.9 Å². The van der Waals surface area contributed by atoms with Gasteiger partial charge in [0.25, 0.3) is 5.91 Å². The molecule has 9 heteroatoms. The van der Waals surface area contributed by atoms with Gasteiger partial charge in [0.05, 0.1) is 12.2 Å². The number of rotatable bonds is 8. The van der Waals surface area contributed by atoms with Crippen molar-refractivity contribution in [2.24, 2.45) is 4.99 Å². The van der Waals surface area contributed by atoms with E-state index in [1.165, 1.54) is 4.90 Å². The predicted octanol–water partition coefficient (Wildman–Crippen LogP) is 1.87. The number of hydrogen-bond donors (Lipinski definition) is 3. The van der Waals surface area contributed by atoms with Gasteiger partial charge in [0.2, 0.25) is 0 Å².